The summed E-state index contributed by atoms with van der Waals surface area (Å²) in [7, 11) is 1.60. The maximum atomic E-state index is 10.5. The van der Waals surface area contributed by atoms with Crippen molar-refractivity contribution >= 4 is 5.97 Å². The van der Waals surface area contributed by atoms with Gasteiger partial charge in [0.25, 0.3) is 0 Å². The van der Waals surface area contributed by atoms with Crippen LogP contribution in [0.25, 0.3) is 0 Å². The number of aliphatic carboxylic acids is 1. The van der Waals surface area contributed by atoms with Gasteiger partial charge in [0.15, 0.2) is 0 Å². The van der Waals surface area contributed by atoms with Gasteiger partial charge >= 0.3 is 5.97 Å². The summed E-state index contributed by atoms with van der Waals surface area (Å²) in [5.74, 6) is -0.0212. The molecule has 0 heterocycles. The van der Waals surface area contributed by atoms with Crippen LogP contribution in [0.2, 0.25) is 0 Å². The van der Waals surface area contributed by atoms with E-state index in [1.165, 1.54) is 0 Å². The Kier molecular flexibility index (Phi) is 4.97. The number of ether oxygens (including phenoxy) is 2. The van der Waals surface area contributed by atoms with Crippen molar-refractivity contribution in [3.05, 3.63) is 29.8 Å². The second-order valence-corrected chi connectivity index (χ2v) is 4.15. The Labute approximate surface area is 101 Å². The summed E-state index contributed by atoms with van der Waals surface area (Å²) >= 11 is 0. The summed E-state index contributed by atoms with van der Waals surface area (Å²) < 4.78 is 10.5. The van der Waals surface area contributed by atoms with E-state index in [2.05, 4.69) is 0 Å². The average Bonchev–Trinajstić information content (AvgIpc) is 2.28. The van der Waals surface area contributed by atoms with Gasteiger partial charge in [-0.3, -0.25) is 0 Å². The standard InChI is InChI=1S/C13H18O4/c1-9(2)13(17-8-12(14)15)10-5-4-6-11(7-10)16-3/h4-7,9,13H,8H2,1-3H3,(H,14,15). The molecule has 94 valence electrons. The fraction of sp³-hybridized carbons (Fsp3) is 0.462. The predicted octanol–water partition coefficient (Wildman–Crippen LogP) is 2.49. The molecule has 1 unspecified atom stereocenters. The number of methoxy groups -OCH3 is 1. The highest BCUT2D eigenvalue weighted by Gasteiger charge is 2.18. The average molecular weight is 238 g/mol. The minimum atomic E-state index is -0.960. The second kappa shape index (κ2) is 6.25. The molecule has 0 fully saturated rings. The Morgan fingerprint density at radius 1 is 1.41 bits per heavy atom. The fourth-order valence-electron chi connectivity index (χ4n) is 1.65. The Morgan fingerprint density at radius 3 is 2.65 bits per heavy atom. The summed E-state index contributed by atoms with van der Waals surface area (Å²) in [5.41, 5.74) is 0.931. The molecule has 0 saturated heterocycles. The SMILES string of the molecule is COc1cccc(C(OCC(=O)O)C(C)C)c1. The number of benzene rings is 1. The number of hydrogen-bond donors (Lipinski definition) is 1. The molecule has 4 heteroatoms. The lowest BCUT2D eigenvalue weighted by atomic mass is 9.99. The first-order valence-electron chi connectivity index (χ1n) is 5.52. The predicted molar refractivity (Wildman–Crippen MR) is 64.2 cm³/mol. The van der Waals surface area contributed by atoms with Crippen molar-refractivity contribution in [1.29, 1.82) is 0 Å². The van der Waals surface area contributed by atoms with Crippen molar-refractivity contribution in [2.75, 3.05) is 13.7 Å². The Balaban J connectivity index is 2.84. The summed E-state index contributed by atoms with van der Waals surface area (Å²) in [5, 5.41) is 8.64. The lowest BCUT2D eigenvalue weighted by Gasteiger charge is -2.21. The van der Waals surface area contributed by atoms with Crippen molar-refractivity contribution in [2.45, 2.75) is 20.0 Å². The van der Waals surface area contributed by atoms with Gasteiger partial charge in [0.1, 0.15) is 12.4 Å². The lowest BCUT2D eigenvalue weighted by molar-refractivity contribution is -0.145. The summed E-state index contributed by atoms with van der Waals surface area (Å²) in [6.07, 6.45) is -0.235. The van der Waals surface area contributed by atoms with E-state index in [4.69, 9.17) is 14.6 Å². The highest BCUT2D eigenvalue weighted by molar-refractivity contribution is 5.68. The molecule has 1 aromatic rings. The first-order valence-corrected chi connectivity index (χ1v) is 5.52. The normalized spacial score (nSPS) is 12.5. The van der Waals surface area contributed by atoms with E-state index in [1.807, 2.05) is 38.1 Å². The molecule has 1 rings (SSSR count). The molecule has 1 atom stereocenters. The zero-order chi connectivity index (χ0) is 12.8. The first kappa shape index (κ1) is 13.5. The van der Waals surface area contributed by atoms with E-state index in [-0.39, 0.29) is 18.6 Å². The highest BCUT2D eigenvalue weighted by Crippen LogP contribution is 2.28. The molecule has 0 spiro atoms. The van der Waals surface area contributed by atoms with E-state index in [0.717, 1.165) is 11.3 Å². The van der Waals surface area contributed by atoms with Crippen molar-refractivity contribution in [1.82, 2.24) is 0 Å². The minimum absolute atomic E-state index is 0.196. The molecule has 0 aromatic heterocycles. The van der Waals surface area contributed by atoms with Crippen LogP contribution in [-0.4, -0.2) is 24.8 Å². The monoisotopic (exact) mass is 238 g/mol. The summed E-state index contributed by atoms with van der Waals surface area (Å²) in [6, 6.07) is 7.49. The fourth-order valence-corrected chi connectivity index (χ4v) is 1.65. The molecule has 0 aliphatic carbocycles. The lowest BCUT2D eigenvalue weighted by Crippen LogP contribution is -2.16. The maximum Gasteiger partial charge on any atom is 0.329 e. The molecule has 0 bridgehead atoms. The van der Waals surface area contributed by atoms with Gasteiger partial charge in [-0.2, -0.15) is 0 Å². The molecule has 4 nitrogen and oxygen atoms in total. The third-order valence-corrected chi connectivity index (χ3v) is 2.41. The van der Waals surface area contributed by atoms with Crippen molar-refractivity contribution < 1.29 is 19.4 Å². The molecule has 0 saturated carbocycles. The van der Waals surface area contributed by atoms with Crippen LogP contribution in [0.5, 0.6) is 5.75 Å². The molecular weight excluding hydrogens is 220 g/mol. The molecular formula is C13H18O4. The molecule has 0 radical (unpaired) electrons. The largest absolute Gasteiger partial charge is 0.497 e. The van der Waals surface area contributed by atoms with Crippen LogP contribution in [0.1, 0.15) is 25.5 Å². The van der Waals surface area contributed by atoms with Crippen LogP contribution < -0.4 is 4.74 Å². The quantitative estimate of drug-likeness (QED) is 0.827. The number of carbonyl (C=O) groups is 1. The van der Waals surface area contributed by atoms with Gasteiger partial charge in [-0.05, 0) is 23.6 Å². The van der Waals surface area contributed by atoms with Crippen LogP contribution in [0.15, 0.2) is 24.3 Å². The van der Waals surface area contributed by atoms with Gasteiger partial charge < -0.3 is 14.6 Å². The van der Waals surface area contributed by atoms with Gasteiger partial charge in [-0.15, -0.1) is 0 Å². The van der Waals surface area contributed by atoms with E-state index in [1.54, 1.807) is 7.11 Å². The van der Waals surface area contributed by atoms with Crippen molar-refractivity contribution in [3.63, 3.8) is 0 Å². The smallest absolute Gasteiger partial charge is 0.329 e. The second-order valence-electron chi connectivity index (χ2n) is 4.15. The Morgan fingerprint density at radius 2 is 2.12 bits per heavy atom. The molecule has 0 aliphatic heterocycles. The van der Waals surface area contributed by atoms with Crippen LogP contribution in [0.3, 0.4) is 0 Å². The highest BCUT2D eigenvalue weighted by atomic mass is 16.5. The minimum Gasteiger partial charge on any atom is -0.497 e. The van der Waals surface area contributed by atoms with Gasteiger partial charge in [0, 0.05) is 0 Å². The number of carboxylic acids is 1. The zero-order valence-electron chi connectivity index (χ0n) is 10.3. The van der Waals surface area contributed by atoms with Gasteiger partial charge in [0.05, 0.1) is 13.2 Å². The van der Waals surface area contributed by atoms with Gasteiger partial charge in [-0.25, -0.2) is 4.79 Å². The van der Waals surface area contributed by atoms with Gasteiger partial charge in [-0.1, -0.05) is 26.0 Å². The van der Waals surface area contributed by atoms with E-state index < -0.39 is 5.97 Å². The number of carboxylic acid groups (broad SMARTS) is 1. The zero-order valence-corrected chi connectivity index (χ0v) is 10.3. The third kappa shape index (κ3) is 4.07. The Bertz CT molecular complexity index is 373. The molecule has 0 amide bonds. The van der Waals surface area contributed by atoms with Crippen molar-refractivity contribution in [2.24, 2.45) is 5.92 Å². The summed E-state index contributed by atoms with van der Waals surface area (Å²) in [6.45, 7) is 3.69. The molecule has 0 aliphatic rings. The van der Waals surface area contributed by atoms with Crippen LogP contribution in [0.4, 0.5) is 0 Å². The Hall–Kier alpha value is -1.55. The molecule has 17 heavy (non-hydrogen) atoms. The van der Waals surface area contributed by atoms with E-state index >= 15 is 0 Å². The van der Waals surface area contributed by atoms with Crippen molar-refractivity contribution in [3.8, 4) is 5.75 Å². The molecule has 1 aromatic carbocycles. The van der Waals surface area contributed by atoms with Gasteiger partial charge in [0.2, 0.25) is 0 Å². The van der Waals surface area contributed by atoms with E-state index in [9.17, 15) is 4.79 Å². The van der Waals surface area contributed by atoms with Crippen LogP contribution in [0, 0.1) is 5.92 Å². The maximum absolute atomic E-state index is 10.5. The topological polar surface area (TPSA) is 55.8 Å². The number of rotatable bonds is 6. The molecule has 1 N–H and O–H groups in total. The first-order chi connectivity index (χ1) is 8.04. The number of hydrogen-bond acceptors (Lipinski definition) is 3. The third-order valence-electron chi connectivity index (χ3n) is 2.41. The van der Waals surface area contributed by atoms with E-state index in [0.29, 0.717) is 0 Å². The van der Waals surface area contributed by atoms with Crippen LogP contribution in [-0.2, 0) is 9.53 Å². The van der Waals surface area contributed by atoms with Crippen LogP contribution >= 0.6 is 0 Å². The summed E-state index contributed by atoms with van der Waals surface area (Å²) in [4.78, 5) is 10.5.